The first kappa shape index (κ1) is 15.2. The third-order valence-electron chi connectivity index (χ3n) is 2.93. The van der Waals surface area contributed by atoms with Gasteiger partial charge in [-0.05, 0) is 31.9 Å². The first-order chi connectivity index (χ1) is 10.2. The molecule has 1 aromatic heterocycles. The molecule has 21 heavy (non-hydrogen) atoms. The number of rotatable bonds is 7. The predicted octanol–water partition coefficient (Wildman–Crippen LogP) is 2.05. The summed E-state index contributed by atoms with van der Waals surface area (Å²) in [4.78, 5) is 11.7. The molecule has 0 aliphatic rings. The van der Waals surface area contributed by atoms with Crippen LogP contribution < -0.4 is 15.1 Å². The van der Waals surface area contributed by atoms with E-state index in [4.69, 9.17) is 19.0 Å². The number of benzene rings is 1. The molecule has 0 radical (unpaired) electrons. The molecule has 0 aliphatic carbocycles. The Bertz CT molecular complexity index is 661. The summed E-state index contributed by atoms with van der Waals surface area (Å²) in [5.74, 6) is -0.0788. The summed E-state index contributed by atoms with van der Waals surface area (Å²) in [7, 11) is 0. The van der Waals surface area contributed by atoms with Crippen molar-refractivity contribution >= 4 is 11.0 Å². The van der Waals surface area contributed by atoms with Crippen LogP contribution in [0.3, 0.4) is 0 Å². The lowest BCUT2D eigenvalue weighted by Crippen LogP contribution is -2.07. The molecule has 0 fully saturated rings. The van der Waals surface area contributed by atoms with E-state index in [2.05, 4.69) is 0 Å². The molecule has 6 nitrogen and oxygen atoms in total. The van der Waals surface area contributed by atoms with Crippen LogP contribution in [0.25, 0.3) is 11.0 Å². The molecule has 2 rings (SSSR count). The van der Waals surface area contributed by atoms with E-state index in [1.807, 2.05) is 0 Å². The summed E-state index contributed by atoms with van der Waals surface area (Å²) >= 11 is 0. The summed E-state index contributed by atoms with van der Waals surface area (Å²) in [6.45, 7) is 2.44. The topological polar surface area (TPSA) is 89.1 Å². The molecule has 114 valence electrons. The lowest BCUT2D eigenvalue weighted by Gasteiger charge is -2.11. The fourth-order valence-electron chi connectivity index (χ4n) is 1.97. The molecule has 0 bridgehead atoms. The summed E-state index contributed by atoms with van der Waals surface area (Å²) in [6.07, 6.45) is 1.32. The Hall–Kier alpha value is -2.21. The predicted molar refractivity (Wildman–Crippen MR) is 77.1 cm³/mol. The SMILES string of the molecule is CCOc1c(O)c2c(OCCCCO)cccc2oc1=O. The highest BCUT2D eigenvalue weighted by molar-refractivity contribution is 5.91. The van der Waals surface area contributed by atoms with Gasteiger partial charge in [-0.3, -0.25) is 0 Å². The molecular formula is C15H18O6. The molecule has 1 aromatic carbocycles. The molecule has 2 N–H and O–H groups in total. The average Bonchev–Trinajstić information content (AvgIpc) is 2.47. The quantitative estimate of drug-likeness (QED) is 0.600. The van der Waals surface area contributed by atoms with Gasteiger partial charge in [-0.1, -0.05) is 6.07 Å². The van der Waals surface area contributed by atoms with E-state index in [0.29, 0.717) is 30.6 Å². The fourth-order valence-corrected chi connectivity index (χ4v) is 1.97. The molecule has 0 saturated heterocycles. The number of hydrogen-bond acceptors (Lipinski definition) is 6. The minimum Gasteiger partial charge on any atom is -0.503 e. The molecule has 0 unspecified atom stereocenters. The van der Waals surface area contributed by atoms with Crippen molar-refractivity contribution in [2.45, 2.75) is 19.8 Å². The van der Waals surface area contributed by atoms with Crippen LogP contribution >= 0.6 is 0 Å². The van der Waals surface area contributed by atoms with Gasteiger partial charge in [0.1, 0.15) is 16.7 Å². The van der Waals surface area contributed by atoms with Crippen molar-refractivity contribution in [2.75, 3.05) is 19.8 Å². The highest BCUT2D eigenvalue weighted by Crippen LogP contribution is 2.37. The summed E-state index contributed by atoms with van der Waals surface area (Å²) in [5.41, 5.74) is -0.486. The van der Waals surface area contributed by atoms with Crippen molar-refractivity contribution in [1.82, 2.24) is 0 Å². The van der Waals surface area contributed by atoms with Crippen LogP contribution in [0, 0.1) is 0 Å². The standard InChI is InChI=1S/C15H18O6/c1-2-19-14-13(17)12-10(20-9-4-3-8-16)6-5-7-11(12)21-15(14)18/h5-7,16-17H,2-4,8-9H2,1H3. The third kappa shape index (κ3) is 3.28. The average molecular weight is 294 g/mol. The number of unbranched alkanes of at least 4 members (excludes halogenated alkanes) is 1. The molecule has 0 amide bonds. The lowest BCUT2D eigenvalue weighted by atomic mass is 10.2. The monoisotopic (exact) mass is 294 g/mol. The van der Waals surface area contributed by atoms with Gasteiger partial charge in [0.15, 0.2) is 5.75 Å². The van der Waals surface area contributed by atoms with E-state index >= 15 is 0 Å². The number of ether oxygens (including phenoxy) is 2. The summed E-state index contributed by atoms with van der Waals surface area (Å²) in [6, 6.07) is 4.93. The maximum atomic E-state index is 11.7. The second-order valence-electron chi connectivity index (χ2n) is 4.41. The van der Waals surface area contributed by atoms with E-state index in [-0.39, 0.29) is 30.3 Å². The zero-order chi connectivity index (χ0) is 15.2. The summed E-state index contributed by atoms with van der Waals surface area (Å²) in [5, 5.41) is 19.3. The first-order valence-electron chi connectivity index (χ1n) is 6.84. The number of hydrogen-bond donors (Lipinski definition) is 2. The molecule has 2 aromatic rings. The number of aliphatic hydroxyl groups is 1. The van der Waals surface area contributed by atoms with Crippen LogP contribution in [0.1, 0.15) is 19.8 Å². The van der Waals surface area contributed by atoms with Gasteiger partial charge >= 0.3 is 5.63 Å². The van der Waals surface area contributed by atoms with Crippen LogP contribution in [0.2, 0.25) is 0 Å². The lowest BCUT2D eigenvalue weighted by molar-refractivity contribution is 0.253. The minimum absolute atomic E-state index is 0.105. The minimum atomic E-state index is -0.723. The Balaban J connectivity index is 2.42. The van der Waals surface area contributed by atoms with Crippen LogP contribution in [0.5, 0.6) is 17.2 Å². The van der Waals surface area contributed by atoms with Crippen LogP contribution in [-0.2, 0) is 0 Å². The normalized spacial score (nSPS) is 10.8. The fraction of sp³-hybridized carbons (Fsp3) is 0.400. The van der Waals surface area contributed by atoms with Gasteiger partial charge in [0, 0.05) is 6.61 Å². The number of aliphatic hydroxyl groups excluding tert-OH is 1. The molecule has 0 aliphatic heterocycles. The zero-order valence-corrected chi connectivity index (χ0v) is 11.8. The molecule has 0 atom stereocenters. The largest absolute Gasteiger partial charge is 0.503 e. The van der Waals surface area contributed by atoms with E-state index in [1.54, 1.807) is 25.1 Å². The number of aromatic hydroxyl groups is 1. The van der Waals surface area contributed by atoms with Gasteiger partial charge in [0.05, 0.1) is 13.2 Å². The van der Waals surface area contributed by atoms with Gasteiger partial charge in [-0.25, -0.2) is 4.79 Å². The van der Waals surface area contributed by atoms with Crippen molar-refractivity contribution in [1.29, 1.82) is 0 Å². The molecule has 6 heteroatoms. The van der Waals surface area contributed by atoms with E-state index in [9.17, 15) is 9.90 Å². The van der Waals surface area contributed by atoms with Gasteiger partial charge in [-0.15, -0.1) is 0 Å². The third-order valence-corrected chi connectivity index (χ3v) is 2.93. The molecule has 0 saturated carbocycles. The second-order valence-corrected chi connectivity index (χ2v) is 4.41. The first-order valence-corrected chi connectivity index (χ1v) is 6.84. The molecular weight excluding hydrogens is 276 g/mol. The van der Waals surface area contributed by atoms with Crippen molar-refractivity contribution in [2.24, 2.45) is 0 Å². The smallest absolute Gasteiger partial charge is 0.383 e. The Labute approximate surface area is 121 Å². The van der Waals surface area contributed by atoms with Crippen LogP contribution in [0.15, 0.2) is 27.4 Å². The van der Waals surface area contributed by atoms with Crippen molar-refractivity contribution in [3.05, 3.63) is 28.6 Å². The summed E-state index contributed by atoms with van der Waals surface area (Å²) < 4.78 is 15.8. The van der Waals surface area contributed by atoms with E-state index in [1.165, 1.54) is 0 Å². The Morgan fingerprint density at radius 3 is 2.76 bits per heavy atom. The highest BCUT2D eigenvalue weighted by Gasteiger charge is 2.18. The maximum absolute atomic E-state index is 11.7. The van der Waals surface area contributed by atoms with Crippen molar-refractivity contribution < 1.29 is 24.1 Å². The Morgan fingerprint density at radius 2 is 2.05 bits per heavy atom. The second kappa shape index (κ2) is 6.99. The van der Waals surface area contributed by atoms with Gasteiger partial charge in [0.25, 0.3) is 0 Å². The van der Waals surface area contributed by atoms with Gasteiger partial charge in [-0.2, -0.15) is 0 Å². The number of fused-ring (bicyclic) bond motifs is 1. The van der Waals surface area contributed by atoms with Gasteiger partial charge < -0.3 is 24.1 Å². The zero-order valence-electron chi connectivity index (χ0n) is 11.8. The molecule has 1 heterocycles. The highest BCUT2D eigenvalue weighted by atomic mass is 16.5. The molecule has 0 spiro atoms. The Morgan fingerprint density at radius 1 is 1.24 bits per heavy atom. The van der Waals surface area contributed by atoms with Gasteiger partial charge in [0.2, 0.25) is 5.75 Å². The van der Waals surface area contributed by atoms with E-state index in [0.717, 1.165) is 0 Å². The maximum Gasteiger partial charge on any atom is 0.383 e. The van der Waals surface area contributed by atoms with Crippen molar-refractivity contribution in [3.8, 4) is 17.2 Å². The Kier molecular flexibility index (Phi) is 5.05. The van der Waals surface area contributed by atoms with Crippen molar-refractivity contribution in [3.63, 3.8) is 0 Å². The van der Waals surface area contributed by atoms with Crippen LogP contribution in [-0.4, -0.2) is 30.0 Å². The van der Waals surface area contributed by atoms with Crippen LogP contribution in [0.4, 0.5) is 0 Å². The van der Waals surface area contributed by atoms with E-state index < -0.39 is 5.63 Å².